The van der Waals surface area contributed by atoms with E-state index in [4.69, 9.17) is 11.6 Å². The molecule has 0 aliphatic carbocycles. The Morgan fingerprint density at radius 1 is 1.10 bits per heavy atom. The zero-order chi connectivity index (χ0) is 14.4. The molecule has 2 rings (SSSR count). The van der Waals surface area contributed by atoms with Crippen LogP contribution in [0.5, 0.6) is 0 Å². The standard InChI is InChI=1S/C15H19ClN4/c1-11(2)20-15-18-8-12(9-19-15)7-17-10-13-5-3-4-6-14(13)16/h3-6,8-9,11,17H,7,10H2,1-2H3,(H,18,19,20). The first-order chi connectivity index (χ1) is 9.65. The van der Waals surface area contributed by atoms with E-state index >= 15 is 0 Å². The first-order valence-electron chi connectivity index (χ1n) is 6.66. The van der Waals surface area contributed by atoms with E-state index in [2.05, 4.69) is 34.4 Å². The van der Waals surface area contributed by atoms with Gasteiger partial charge in [0.25, 0.3) is 0 Å². The van der Waals surface area contributed by atoms with E-state index in [1.807, 2.05) is 36.7 Å². The van der Waals surface area contributed by atoms with Crippen LogP contribution in [0.25, 0.3) is 0 Å². The van der Waals surface area contributed by atoms with E-state index in [1.165, 1.54) is 0 Å². The lowest BCUT2D eigenvalue weighted by atomic mass is 10.2. The SMILES string of the molecule is CC(C)Nc1ncc(CNCc2ccccc2Cl)cn1. The minimum atomic E-state index is 0.333. The fraction of sp³-hybridized carbons (Fsp3) is 0.333. The molecule has 20 heavy (non-hydrogen) atoms. The highest BCUT2D eigenvalue weighted by molar-refractivity contribution is 6.31. The van der Waals surface area contributed by atoms with Crippen molar-refractivity contribution in [1.82, 2.24) is 15.3 Å². The van der Waals surface area contributed by atoms with Crippen molar-refractivity contribution in [2.75, 3.05) is 5.32 Å². The summed E-state index contributed by atoms with van der Waals surface area (Å²) in [5.74, 6) is 0.662. The average molecular weight is 291 g/mol. The van der Waals surface area contributed by atoms with Gasteiger partial charge in [0.15, 0.2) is 0 Å². The van der Waals surface area contributed by atoms with Crippen LogP contribution in [0.2, 0.25) is 5.02 Å². The third-order valence-electron chi connectivity index (χ3n) is 2.73. The number of hydrogen-bond donors (Lipinski definition) is 2. The molecule has 2 N–H and O–H groups in total. The van der Waals surface area contributed by atoms with Gasteiger partial charge in [-0.25, -0.2) is 9.97 Å². The Labute approximate surface area is 124 Å². The summed E-state index contributed by atoms with van der Waals surface area (Å²) in [6.07, 6.45) is 3.66. The minimum Gasteiger partial charge on any atom is -0.352 e. The average Bonchev–Trinajstić information content (AvgIpc) is 2.42. The normalized spacial score (nSPS) is 10.8. The van der Waals surface area contributed by atoms with Gasteiger partial charge >= 0.3 is 0 Å². The Morgan fingerprint density at radius 2 is 1.80 bits per heavy atom. The largest absolute Gasteiger partial charge is 0.352 e. The van der Waals surface area contributed by atoms with Crippen molar-refractivity contribution >= 4 is 17.5 Å². The van der Waals surface area contributed by atoms with Gasteiger partial charge < -0.3 is 10.6 Å². The maximum atomic E-state index is 6.10. The Kier molecular flexibility index (Phi) is 5.32. The smallest absolute Gasteiger partial charge is 0.222 e. The molecule has 4 nitrogen and oxygen atoms in total. The first-order valence-corrected chi connectivity index (χ1v) is 7.04. The van der Waals surface area contributed by atoms with E-state index in [9.17, 15) is 0 Å². The molecule has 0 aliphatic rings. The third-order valence-corrected chi connectivity index (χ3v) is 3.09. The molecule has 0 spiro atoms. The predicted molar refractivity (Wildman–Crippen MR) is 82.8 cm³/mol. The summed E-state index contributed by atoms with van der Waals surface area (Å²) in [6, 6.07) is 8.16. The summed E-state index contributed by atoms with van der Waals surface area (Å²) >= 11 is 6.10. The van der Waals surface area contributed by atoms with Gasteiger partial charge in [0.05, 0.1) is 0 Å². The lowest BCUT2D eigenvalue weighted by Crippen LogP contribution is -2.15. The molecule has 0 saturated carbocycles. The summed E-state index contributed by atoms with van der Waals surface area (Å²) in [4.78, 5) is 8.55. The number of rotatable bonds is 6. The molecular formula is C15H19ClN4. The van der Waals surface area contributed by atoms with Crippen molar-refractivity contribution in [2.45, 2.75) is 33.0 Å². The van der Waals surface area contributed by atoms with Crippen molar-refractivity contribution in [3.63, 3.8) is 0 Å². The maximum absolute atomic E-state index is 6.10. The molecule has 0 radical (unpaired) electrons. The Balaban J connectivity index is 1.84. The highest BCUT2D eigenvalue weighted by Crippen LogP contribution is 2.14. The van der Waals surface area contributed by atoms with Gasteiger partial charge in [-0.1, -0.05) is 29.8 Å². The topological polar surface area (TPSA) is 49.8 Å². The van der Waals surface area contributed by atoms with E-state index < -0.39 is 0 Å². The molecule has 0 saturated heterocycles. The van der Waals surface area contributed by atoms with Gasteiger partial charge in [-0.15, -0.1) is 0 Å². The molecule has 0 fully saturated rings. The van der Waals surface area contributed by atoms with Crippen LogP contribution < -0.4 is 10.6 Å². The summed E-state index contributed by atoms with van der Waals surface area (Å²) in [7, 11) is 0. The second-order valence-corrected chi connectivity index (χ2v) is 5.32. The number of nitrogens with zero attached hydrogens (tertiary/aromatic N) is 2. The van der Waals surface area contributed by atoms with Crippen LogP contribution in [0.15, 0.2) is 36.7 Å². The third kappa shape index (κ3) is 4.47. The van der Waals surface area contributed by atoms with Gasteiger partial charge in [-0.3, -0.25) is 0 Å². The molecule has 0 amide bonds. The Morgan fingerprint density at radius 3 is 2.45 bits per heavy atom. The highest BCUT2D eigenvalue weighted by atomic mass is 35.5. The summed E-state index contributed by atoms with van der Waals surface area (Å²) in [6.45, 7) is 5.56. The second-order valence-electron chi connectivity index (χ2n) is 4.91. The number of anilines is 1. The van der Waals surface area contributed by atoms with Gasteiger partial charge in [0.1, 0.15) is 0 Å². The van der Waals surface area contributed by atoms with Crippen LogP contribution >= 0.6 is 11.6 Å². The number of nitrogens with one attached hydrogen (secondary N) is 2. The zero-order valence-corrected chi connectivity index (χ0v) is 12.5. The van der Waals surface area contributed by atoms with Gasteiger partial charge in [0.2, 0.25) is 5.95 Å². The summed E-state index contributed by atoms with van der Waals surface area (Å²) in [5, 5.41) is 7.28. The Bertz CT molecular complexity index is 540. The van der Waals surface area contributed by atoms with Crippen molar-refractivity contribution in [3.8, 4) is 0 Å². The molecule has 1 aromatic carbocycles. The molecule has 1 heterocycles. The molecule has 0 bridgehead atoms. The lowest BCUT2D eigenvalue weighted by Gasteiger charge is -2.09. The maximum Gasteiger partial charge on any atom is 0.222 e. The summed E-state index contributed by atoms with van der Waals surface area (Å²) in [5.41, 5.74) is 2.14. The van der Waals surface area contributed by atoms with Crippen LogP contribution in [-0.2, 0) is 13.1 Å². The van der Waals surface area contributed by atoms with Crippen molar-refractivity contribution in [3.05, 3.63) is 52.8 Å². The van der Waals surface area contributed by atoms with Crippen molar-refractivity contribution in [2.24, 2.45) is 0 Å². The number of benzene rings is 1. The van der Waals surface area contributed by atoms with Crippen molar-refractivity contribution in [1.29, 1.82) is 0 Å². The first kappa shape index (κ1) is 14.8. The molecule has 5 heteroatoms. The van der Waals surface area contributed by atoms with E-state index in [0.717, 1.165) is 22.7 Å². The van der Waals surface area contributed by atoms with Crippen LogP contribution in [0.1, 0.15) is 25.0 Å². The van der Waals surface area contributed by atoms with E-state index in [0.29, 0.717) is 18.5 Å². The highest BCUT2D eigenvalue weighted by Gasteiger charge is 2.01. The quantitative estimate of drug-likeness (QED) is 0.857. The molecule has 0 atom stereocenters. The van der Waals surface area contributed by atoms with E-state index in [-0.39, 0.29) is 0 Å². The van der Waals surface area contributed by atoms with Crippen LogP contribution in [0.3, 0.4) is 0 Å². The zero-order valence-electron chi connectivity index (χ0n) is 11.7. The molecule has 2 aromatic rings. The fourth-order valence-corrected chi connectivity index (χ4v) is 1.96. The van der Waals surface area contributed by atoms with Crippen LogP contribution in [-0.4, -0.2) is 16.0 Å². The number of halogens is 1. The predicted octanol–water partition coefficient (Wildman–Crippen LogP) is 3.24. The van der Waals surface area contributed by atoms with Crippen LogP contribution in [0.4, 0.5) is 5.95 Å². The Hall–Kier alpha value is -1.65. The van der Waals surface area contributed by atoms with Crippen molar-refractivity contribution < 1.29 is 0 Å². The monoisotopic (exact) mass is 290 g/mol. The number of hydrogen-bond acceptors (Lipinski definition) is 4. The second kappa shape index (κ2) is 7.22. The minimum absolute atomic E-state index is 0.333. The van der Waals surface area contributed by atoms with E-state index in [1.54, 1.807) is 0 Å². The molecule has 1 aromatic heterocycles. The summed E-state index contributed by atoms with van der Waals surface area (Å²) < 4.78 is 0. The van der Waals surface area contributed by atoms with Gasteiger partial charge in [-0.2, -0.15) is 0 Å². The lowest BCUT2D eigenvalue weighted by molar-refractivity contribution is 0.688. The van der Waals surface area contributed by atoms with Gasteiger partial charge in [-0.05, 0) is 25.5 Å². The van der Waals surface area contributed by atoms with Gasteiger partial charge in [0, 0.05) is 42.1 Å². The van der Waals surface area contributed by atoms with Crippen LogP contribution in [0, 0.1) is 0 Å². The number of aromatic nitrogens is 2. The molecule has 106 valence electrons. The molecular weight excluding hydrogens is 272 g/mol. The molecule has 0 unspecified atom stereocenters. The fourth-order valence-electron chi connectivity index (χ4n) is 1.76. The molecule has 0 aliphatic heterocycles.